The maximum atomic E-state index is 13.0. The Balaban J connectivity index is 1.33. The monoisotopic (exact) mass is 470 g/mol. The number of esters is 1. The van der Waals surface area contributed by atoms with E-state index in [0.717, 1.165) is 15.5 Å². The fourth-order valence-corrected chi connectivity index (χ4v) is 4.84. The van der Waals surface area contributed by atoms with Crippen molar-refractivity contribution in [2.24, 2.45) is 5.10 Å². The number of amides is 1. The van der Waals surface area contributed by atoms with E-state index in [0.29, 0.717) is 12.0 Å². The van der Waals surface area contributed by atoms with E-state index in [-0.39, 0.29) is 24.7 Å². The highest BCUT2D eigenvalue weighted by Crippen LogP contribution is 2.35. The van der Waals surface area contributed by atoms with E-state index in [1.807, 2.05) is 35.0 Å². The molecule has 0 saturated carbocycles. The van der Waals surface area contributed by atoms with Crippen molar-refractivity contribution in [1.29, 1.82) is 0 Å². The van der Waals surface area contributed by atoms with Gasteiger partial charge in [-0.15, -0.1) is 22.7 Å². The number of hydrogen-bond acceptors (Lipinski definition) is 7. The molecule has 1 aliphatic heterocycles. The van der Waals surface area contributed by atoms with Gasteiger partial charge in [0.05, 0.1) is 23.1 Å². The molecule has 1 amide bonds. The maximum absolute atomic E-state index is 13.0. The van der Waals surface area contributed by atoms with E-state index in [2.05, 4.69) is 5.10 Å². The van der Waals surface area contributed by atoms with Crippen molar-refractivity contribution < 1.29 is 23.5 Å². The van der Waals surface area contributed by atoms with Gasteiger partial charge in [0.15, 0.2) is 12.4 Å². The highest BCUT2D eigenvalue weighted by atomic mass is 32.1. The normalized spacial score (nSPS) is 15.5. The van der Waals surface area contributed by atoms with Gasteiger partial charge in [0.25, 0.3) is 5.91 Å². The highest BCUT2D eigenvalue weighted by molar-refractivity contribution is 7.12. The third-order valence-corrected chi connectivity index (χ3v) is 6.81. The lowest BCUT2D eigenvalue weighted by Crippen LogP contribution is -2.31. The van der Waals surface area contributed by atoms with Crippen LogP contribution >= 0.6 is 22.7 Å². The third-order valence-electron chi connectivity index (χ3n) is 4.92. The first-order valence-electron chi connectivity index (χ1n) is 9.92. The number of carbonyl (C=O) groups excluding carboxylic acids is 3. The standard InChI is InChI=1S/C23H19FN2O4S2/c24-16-7-5-15(6-8-16)19(27)9-10-23(29)30-14-22(28)26-18(21-4-2-12-32-21)13-17(25-26)20-3-1-11-31-20/h1-8,11-12,18H,9-10,13-14H2. The van der Waals surface area contributed by atoms with Gasteiger partial charge < -0.3 is 4.74 Å². The van der Waals surface area contributed by atoms with Crippen LogP contribution < -0.4 is 0 Å². The number of Topliss-reactive ketones (excluding diaryl/α,β-unsaturated/α-hetero) is 1. The van der Waals surface area contributed by atoms with Crippen LogP contribution in [-0.4, -0.2) is 35.0 Å². The van der Waals surface area contributed by atoms with Crippen molar-refractivity contribution in [1.82, 2.24) is 5.01 Å². The van der Waals surface area contributed by atoms with Gasteiger partial charge in [-0.25, -0.2) is 9.40 Å². The molecule has 1 unspecified atom stereocenters. The minimum Gasteiger partial charge on any atom is -0.455 e. The summed E-state index contributed by atoms with van der Waals surface area (Å²) in [4.78, 5) is 39.0. The SMILES string of the molecule is O=C(CCC(=O)c1ccc(F)cc1)OCC(=O)N1N=C(c2cccs2)CC1c1cccs1. The number of hydrogen-bond donors (Lipinski definition) is 0. The van der Waals surface area contributed by atoms with Crippen LogP contribution in [0.4, 0.5) is 4.39 Å². The van der Waals surface area contributed by atoms with Crippen LogP contribution in [-0.2, 0) is 14.3 Å². The van der Waals surface area contributed by atoms with Crippen LogP contribution in [0.3, 0.4) is 0 Å². The van der Waals surface area contributed by atoms with Crippen molar-refractivity contribution >= 4 is 46.0 Å². The molecular formula is C23H19FN2O4S2. The highest BCUT2D eigenvalue weighted by Gasteiger charge is 2.34. The van der Waals surface area contributed by atoms with Gasteiger partial charge in [-0.05, 0) is 47.2 Å². The Labute approximate surface area is 191 Å². The average Bonchev–Trinajstić information content (AvgIpc) is 3.56. The lowest BCUT2D eigenvalue weighted by molar-refractivity contribution is -0.152. The number of ether oxygens (including phenoxy) is 1. The molecule has 0 spiro atoms. The van der Waals surface area contributed by atoms with Crippen molar-refractivity contribution in [3.8, 4) is 0 Å². The Bertz CT molecular complexity index is 1130. The van der Waals surface area contributed by atoms with Crippen LogP contribution in [0, 0.1) is 5.82 Å². The van der Waals surface area contributed by atoms with E-state index < -0.39 is 24.3 Å². The van der Waals surface area contributed by atoms with Gasteiger partial charge >= 0.3 is 5.97 Å². The molecule has 164 valence electrons. The van der Waals surface area contributed by atoms with E-state index in [1.54, 1.807) is 22.7 Å². The number of nitrogens with zero attached hydrogens (tertiary/aromatic N) is 2. The van der Waals surface area contributed by atoms with Gasteiger partial charge in [0.2, 0.25) is 0 Å². The molecule has 1 aromatic carbocycles. The van der Waals surface area contributed by atoms with Crippen LogP contribution in [0.15, 0.2) is 64.4 Å². The van der Waals surface area contributed by atoms with E-state index in [4.69, 9.17) is 4.74 Å². The quantitative estimate of drug-likeness (QED) is 0.349. The molecule has 0 bridgehead atoms. The Hall–Kier alpha value is -3.17. The van der Waals surface area contributed by atoms with Crippen LogP contribution in [0.1, 0.15) is 45.4 Å². The zero-order valence-electron chi connectivity index (χ0n) is 16.9. The summed E-state index contributed by atoms with van der Waals surface area (Å²) in [6.45, 7) is -0.452. The van der Waals surface area contributed by atoms with E-state index in [9.17, 15) is 18.8 Å². The summed E-state index contributed by atoms with van der Waals surface area (Å²) in [6, 6.07) is 12.6. The average molecular weight is 471 g/mol. The van der Waals surface area contributed by atoms with Crippen LogP contribution in [0.5, 0.6) is 0 Å². The molecule has 6 nitrogen and oxygen atoms in total. The van der Waals surface area contributed by atoms with Gasteiger partial charge in [-0.3, -0.25) is 14.4 Å². The first-order chi connectivity index (χ1) is 15.5. The van der Waals surface area contributed by atoms with Crippen molar-refractivity contribution in [3.63, 3.8) is 0 Å². The smallest absolute Gasteiger partial charge is 0.306 e. The first-order valence-corrected chi connectivity index (χ1v) is 11.7. The Morgan fingerprint density at radius 3 is 2.47 bits per heavy atom. The summed E-state index contributed by atoms with van der Waals surface area (Å²) in [6.07, 6.45) is 0.343. The number of thiophene rings is 2. The van der Waals surface area contributed by atoms with Crippen LogP contribution in [0.2, 0.25) is 0 Å². The summed E-state index contributed by atoms with van der Waals surface area (Å²) in [5.41, 5.74) is 1.14. The van der Waals surface area contributed by atoms with Gasteiger partial charge in [0, 0.05) is 23.3 Å². The molecule has 0 radical (unpaired) electrons. The Morgan fingerprint density at radius 2 is 1.78 bits per heavy atom. The largest absolute Gasteiger partial charge is 0.455 e. The third kappa shape index (κ3) is 5.17. The molecule has 3 heterocycles. The van der Waals surface area contributed by atoms with E-state index in [1.165, 1.54) is 29.3 Å². The second-order valence-corrected chi connectivity index (χ2v) is 9.02. The molecule has 0 aliphatic carbocycles. The molecule has 4 rings (SSSR count). The maximum Gasteiger partial charge on any atom is 0.306 e. The molecule has 1 aliphatic rings. The van der Waals surface area contributed by atoms with Gasteiger partial charge in [0.1, 0.15) is 5.82 Å². The lowest BCUT2D eigenvalue weighted by Gasteiger charge is -2.20. The van der Waals surface area contributed by atoms with Crippen molar-refractivity contribution in [2.45, 2.75) is 25.3 Å². The molecule has 0 saturated heterocycles. The van der Waals surface area contributed by atoms with E-state index >= 15 is 0 Å². The van der Waals surface area contributed by atoms with Crippen molar-refractivity contribution in [3.05, 3.63) is 80.4 Å². The number of halogens is 1. The summed E-state index contributed by atoms with van der Waals surface area (Å²) in [7, 11) is 0. The second kappa shape index (κ2) is 9.97. The number of carbonyl (C=O) groups is 3. The fourth-order valence-electron chi connectivity index (χ4n) is 3.31. The molecule has 0 N–H and O–H groups in total. The number of hydrazone groups is 1. The topological polar surface area (TPSA) is 76.0 Å². The molecule has 0 fully saturated rings. The summed E-state index contributed by atoms with van der Waals surface area (Å²) in [5, 5.41) is 9.79. The molecule has 32 heavy (non-hydrogen) atoms. The summed E-state index contributed by atoms with van der Waals surface area (Å²) in [5.74, 6) is -1.81. The number of ketones is 1. The predicted molar refractivity (Wildman–Crippen MR) is 120 cm³/mol. The molecule has 9 heteroatoms. The zero-order valence-corrected chi connectivity index (χ0v) is 18.5. The van der Waals surface area contributed by atoms with Crippen LogP contribution in [0.25, 0.3) is 0 Å². The summed E-state index contributed by atoms with van der Waals surface area (Å²) < 4.78 is 18.1. The number of rotatable bonds is 8. The molecule has 2 aromatic heterocycles. The molecule has 1 atom stereocenters. The van der Waals surface area contributed by atoms with Crippen molar-refractivity contribution in [2.75, 3.05) is 6.61 Å². The number of benzene rings is 1. The van der Waals surface area contributed by atoms with Gasteiger partial charge in [-0.2, -0.15) is 5.10 Å². The molecular weight excluding hydrogens is 451 g/mol. The lowest BCUT2D eigenvalue weighted by atomic mass is 10.1. The molecule has 3 aromatic rings. The minimum atomic E-state index is -0.650. The Kier molecular flexibility index (Phi) is 6.87. The summed E-state index contributed by atoms with van der Waals surface area (Å²) >= 11 is 3.10. The Morgan fingerprint density at radius 1 is 1.03 bits per heavy atom. The second-order valence-electron chi connectivity index (χ2n) is 7.09. The zero-order chi connectivity index (χ0) is 22.5. The minimum absolute atomic E-state index is 0.0825. The van der Waals surface area contributed by atoms with Gasteiger partial charge in [-0.1, -0.05) is 12.1 Å². The predicted octanol–water partition coefficient (Wildman–Crippen LogP) is 4.83. The first kappa shape index (κ1) is 22.0. The fraction of sp³-hybridized carbons (Fsp3) is 0.217.